The molecule has 1 fully saturated rings. The average molecular weight is 627 g/mol. The van der Waals surface area contributed by atoms with Crippen LogP contribution in [0.4, 0.5) is 11.4 Å². The Hall–Kier alpha value is -3.58. The molecule has 11 nitrogen and oxygen atoms in total. The number of aryl methyl sites for hydroxylation is 1. The smallest absolute Gasteiger partial charge is 0.255 e. The fourth-order valence-corrected chi connectivity index (χ4v) is 5.84. The maximum Gasteiger partial charge on any atom is 0.255 e. The predicted octanol–water partition coefficient (Wildman–Crippen LogP) is 5.15. The van der Waals surface area contributed by atoms with Crippen molar-refractivity contribution >= 4 is 26.8 Å². The van der Waals surface area contributed by atoms with Gasteiger partial charge >= 0.3 is 0 Å². The number of ether oxygens (including phenoxy) is 2. The summed E-state index contributed by atoms with van der Waals surface area (Å²) < 4.78 is 37.7. The molecule has 0 bridgehead atoms. The van der Waals surface area contributed by atoms with Crippen molar-refractivity contribution in [3.63, 3.8) is 0 Å². The lowest BCUT2D eigenvalue weighted by Crippen LogP contribution is -2.37. The van der Waals surface area contributed by atoms with Crippen LogP contribution in [0.25, 0.3) is 0 Å². The van der Waals surface area contributed by atoms with E-state index < -0.39 is 15.4 Å². The minimum Gasteiger partial charge on any atom is -0.492 e. The van der Waals surface area contributed by atoms with Gasteiger partial charge in [0.1, 0.15) is 11.6 Å². The van der Waals surface area contributed by atoms with Gasteiger partial charge in [0.2, 0.25) is 5.88 Å². The van der Waals surface area contributed by atoms with E-state index in [1.807, 2.05) is 39.8 Å². The van der Waals surface area contributed by atoms with Gasteiger partial charge in [-0.2, -0.15) is 9.19 Å². The molecule has 0 aliphatic carbocycles. The van der Waals surface area contributed by atoms with Crippen LogP contribution in [-0.4, -0.2) is 87.3 Å². The zero-order valence-corrected chi connectivity index (χ0v) is 28.0. The second-order valence-electron chi connectivity index (χ2n) is 13.2. The minimum absolute atomic E-state index is 0.245. The number of nitrogens with one attached hydrogen (secondary N) is 2. The number of hydrogen-bond donors (Lipinski definition) is 3. The van der Waals surface area contributed by atoms with Gasteiger partial charge in [0.25, 0.3) is 5.91 Å². The molecular weight excluding hydrogens is 580 g/mol. The van der Waals surface area contributed by atoms with Crippen LogP contribution in [0.1, 0.15) is 54.5 Å². The number of nitrogens with zero attached hydrogens (tertiary/aromatic N) is 4. The Kier molecular flexibility index (Phi) is 9.41. The Bertz CT molecular complexity index is 1590. The number of amides is 1. The summed E-state index contributed by atoms with van der Waals surface area (Å²) in [6.07, 6.45) is 5.24. The standard InChI is InChI=1S/C32H46N6O5S/c1-21-10-11-22(16-27(21)43-29-12-14-33-28(35-29)20-38(6)24-13-15-37(5)19-24)31(39)34-25-17-23(32(2,3)4)18-26(30(25)42-7)36-44(8,9,40)41/h10-12,14,16-18,24H,13,15,19-20H2,1-9H3,(H,34,39)(H2,36,40,41). The molecule has 240 valence electrons. The van der Waals surface area contributed by atoms with Gasteiger partial charge < -0.3 is 19.7 Å². The van der Waals surface area contributed by atoms with Crippen LogP contribution >= 0.6 is 0 Å². The number of likely N-dealkylation sites (tertiary alicyclic amines) is 1. The highest BCUT2D eigenvalue weighted by atomic mass is 32.3. The summed E-state index contributed by atoms with van der Waals surface area (Å²) in [6, 6.07) is 10.9. The maximum absolute atomic E-state index is 13.6. The number of carbonyl (C=O) groups excluding carboxylic acids is 1. The molecule has 4 rings (SSSR count). The van der Waals surface area contributed by atoms with Gasteiger partial charge in [-0.3, -0.25) is 19.0 Å². The summed E-state index contributed by atoms with van der Waals surface area (Å²) in [5, 5.41) is 2.93. The van der Waals surface area contributed by atoms with Crippen molar-refractivity contribution in [2.75, 3.05) is 56.8 Å². The molecular formula is C32H46N6O5S. The number of anilines is 2. The molecule has 0 radical (unpaired) electrons. The van der Waals surface area contributed by atoms with Gasteiger partial charge in [-0.05, 0) is 74.8 Å². The first-order valence-corrected chi connectivity index (χ1v) is 17.3. The molecule has 1 atom stereocenters. The summed E-state index contributed by atoms with van der Waals surface area (Å²) in [7, 11) is 1.50. The highest BCUT2D eigenvalue weighted by Crippen LogP contribution is 2.40. The third-order valence-corrected chi connectivity index (χ3v) is 8.34. The van der Waals surface area contributed by atoms with Crippen molar-refractivity contribution in [1.29, 1.82) is 0 Å². The Balaban J connectivity index is 1.57. The van der Waals surface area contributed by atoms with Crippen LogP contribution in [0.3, 0.4) is 0 Å². The van der Waals surface area contributed by atoms with Gasteiger partial charge in [-0.1, -0.05) is 26.8 Å². The monoisotopic (exact) mass is 626 g/mol. The molecule has 1 aliphatic rings. The first-order valence-electron chi connectivity index (χ1n) is 14.6. The third-order valence-electron chi connectivity index (χ3n) is 7.53. The zero-order valence-electron chi connectivity index (χ0n) is 27.2. The van der Waals surface area contributed by atoms with Crippen LogP contribution in [0.2, 0.25) is 0 Å². The molecule has 1 saturated heterocycles. The molecule has 1 unspecified atom stereocenters. The molecule has 1 amide bonds. The van der Waals surface area contributed by atoms with E-state index in [4.69, 9.17) is 9.47 Å². The molecule has 3 N–H and O–H groups in total. The lowest BCUT2D eigenvalue weighted by Gasteiger charge is -2.37. The van der Waals surface area contributed by atoms with Gasteiger partial charge in [0.15, 0.2) is 5.75 Å². The van der Waals surface area contributed by atoms with E-state index >= 15 is 0 Å². The Morgan fingerprint density at radius 2 is 1.89 bits per heavy atom. The fourth-order valence-electron chi connectivity index (χ4n) is 5.06. The zero-order chi connectivity index (χ0) is 32.5. The topological polar surface area (TPSA) is 129 Å². The highest BCUT2D eigenvalue weighted by Gasteiger charge is 2.25. The van der Waals surface area contributed by atoms with Crippen molar-refractivity contribution < 1.29 is 23.0 Å². The molecule has 12 heteroatoms. The van der Waals surface area contributed by atoms with Crippen molar-refractivity contribution in [2.45, 2.75) is 52.1 Å². The van der Waals surface area contributed by atoms with Gasteiger partial charge in [0.05, 0.1) is 25.0 Å². The second-order valence-corrected chi connectivity index (χ2v) is 16.9. The van der Waals surface area contributed by atoms with Crippen LogP contribution in [0.5, 0.6) is 17.4 Å². The van der Waals surface area contributed by atoms with Crippen molar-refractivity contribution in [2.24, 2.45) is 0 Å². The normalized spacial score (nSPS) is 16.8. The number of likely N-dealkylation sites (N-methyl/N-ethyl adjacent to an activating group) is 2. The summed E-state index contributed by atoms with van der Waals surface area (Å²) in [5.41, 5.74) is 2.38. The van der Waals surface area contributed by atoms with Crippen molar-refractivity contribution in [3.8, 4) is 17.4 Å². The molecule has 0 spiro atoms. The number of methoxy groups -OCH3 is 1. The van der Waals surface area contributed by atoms with E-state index in [9.17, 15) is 13.6 Å². The van der Waals surface area contributed by atoms with Gasteiger partial charge in [-0.15, -0.1) is 9.53 Å². The molecule has 0 saturated carbocycles. The van der Waals surface area contributed by atoms with E-state index in [2.05, 4.69) is 43.9 Å². The quantitative estimate of drug-likeness (QED) is 0.280. The molecule has 1 aliphatic heterocycles. The lowest BCUT2D eigenvalue weighted by molar-refractivity contribution is 0.102. The number of benzene rings is 2. The molecule has 44 heavy (non-hydrogen) atoms. The molecule has 1 aromatic heterocycles. The number of aromatic nitrogens is 2. The van der Waals surface area contributed by atoms with Crippen LogP contribution in [-0.2, 0) is 21.5 Å². The van der Waals surface area contributed by atoms with Crippen molar-refractivity contribution in [3.05, 3.63) is 65.1 Å². The first-order chi connectivity index (χ1) is 20.4. The Morgan fingerprint density at radius 3 is 2.50 bits per heavy atom. The van der Waals surface area contributed by atoms with E-state index in [0.717, 1.165) is 30.6 Å². The fraction of sp³-hybridized carbons (Fsp3) is 0.469. The number of rotatable bonds is 10. The highest BCUT2D eigenvalue weighted by molar-refractivity contribution is 8.15. The molecule has 2 aromatic carbocycles. The summed E-state index contributed by atoms with van der Waals surface area (Å²) in [6.45, 7) is 10.7. The van der Waals surface area contributed by atoms with Gasteiger partial charge in [-0.25, -0.2) is 4.98 Å². The van der Waals surface area contributed by atoms with E-state index in [-0.39, 0.29) is 11.2 Å². The third kappa shape index (κ3) is 8.75. The number of carbonyl (C=O) groups is 1. The van der Waals surface area contributed by atoms with Crippen LogP contribution in [0.15, 0.2) is 42.6 Å². The summed E-state index contributed by atoms with van der Waals surface area (Å²) in [5.74, 6) is 1.39. The second kappa shape index (κ2) is 12.4. The lowest BCUT2D eigenvalue weighted by atomic mass is 9.86. The largest absolute Gasteiger partial charge is 0.492 e. The minimum atomic E-state index is -4.16. The van der Waals surface area contributed by atoms with E-state index in [1.54, 1.807) is 30.5 Å². The predicted molar refractivity (Wildman–Crippen MR) is 177 cm³/mol. The van der Waals surface area contributed by atoms with E-state index in [0.29, 0.717) is 47.0 Å². The Labute approximate surface area is 260 Å². The van der Waals surface area contributed by atoms with Crippen molar-refractivity contribution in [1.82, 2.24) is 19.8 Å². The summed E-state index contributed by atoms with van der Waals surface area (Å²) in [4.78, 5) is 27.2. The number of hydrogen-bond acceptors (Lipinski definition) is 8. The van der Waals surface area contributed by atoms with E-state index in [1.165, 1.54) is 19.6 Å². The SMILES string of the molecule is COc1c(NC(=O)c2ccc(C)c(Oc3ccnc(CN(C)C4CCN(C)C4)n3)c2)cc(C(C)(C)C)cc1NS(C)(C)(=O)O. The van der Waals surface area contributed by atoms with Crippen LogP contribution in [0, 0.1) is 6.92 Å². The molecule has 3 aromatic rings. The molecule has 2 heterocycles. The average Bonchev–Trinajstić information content (AvgIpc) is 3.34. The Morgan fingerprint density at radius 1 is 1.18 bits per heavy atom. The first kappa shape index (κ1) is 33.3. The van der Waals surface area contributed by atoms with Gasteiger partial charge in [0, 0.05) is 42.9 Å². The maximum atomic E-state index is 13.6. The summed E-state index contributed by atoms with van der Waals surface area (Å²) >= 11 is 0. The van der Waals surface area contributed by atoms with Crippen LogP contribution < -0.4 is 19.5 Å².